The average molecular weight is 247 g/mol. The predicted molar refractivity (Wildman–Crippen MR) is 73.7 cm³/mol. The zero-order chi connectivity index (χ0) is 13.3. The van der Waals surface area contributed by atoms with Gasteiger partial charge in [0.15, 0.2) is 0 Å². The summed E-state index contributed by atoms with van der Waals surface area (Å²) in [5, 5.41) is 14.4. The Morgan fingerprint density at radius 3 is 2.67 bits per heavy atom. The van der Waals surface area contributed by atoms with Gasteiger partial charge in [0.25, 0.3) is 0 Å². The van der Waals surface area contributed by atoms with E-state index in [4.69, 9.17) is 4.42 Å². The standard InChI is InChI=1S/C15H21NO2/c1-10-5-6-13-11(7-10)8-14(18-13)12(17)9-16-15(2,3)4/h5-8,12,16-17H,9H2,1-4H3. The van der Waals surface area contributed by atoms with Crippen LogP contribution in [0.15, 0.2) is 28.7 Å². The molecule has 0 amide bonds. The number of aliphatic hydroxyl groups excluding tert-OH is 1. The molecule has 0 spiro atoms. The quantitative estimate of drug-likeness (QED) is 0.875. The molecule has 0 aliphatic heterocycles. The lowest BCUT2D eigenvalue weighted by atomic mass is 10.1. The molecule has 0 saturated heterocycles. The minimum Gasteiger partial charge on any atom is -0.458 e. The highest BCUT2D eigenvalue weighted by atomic mass is 16.4. The van der Waals surface area contributed by atoms with Crippen molar-refractivity contribution in [2.75, 3.05) is 6.54 Å². The summed E-state index contributed by atoms with van der Waals surface area (Å²) in [4.78, 5) is 0. The van der Waals surface area contributed by atoms with E-state index in [0.29, 0.717) is 12.3 Å². The summed E-state index contributed by atoms with van der Waals surface area (Å²) in [7, 11) is 0. The molecular weight excluding hydrogens is 226 g/mol. The molecule has 1 atom stereocenters. The van der Waals surface area contributed by atoms with Crippen LogP contribution in [0.5, 0.6) is 0 Å². The number of furan rings is 1. The summed E-state index contributed by atoms with van der Waals surface area (Å²) in [5.74, 6) is 0.618. The van der Waals surface area contributed by atoms with Gasteiger partial charge in [0.2, 0.25) is 0 Å². The number of nitrogens with one attached hydrogen (secondary N) is 1. The highest BCUT2D eigenvalue weighted by molar-refractivity contribution is 5.78. The fourth-order valence-electron chi connectivity index (χ4n) is 1.85. The van der Waals surface area contributed by atoms with Crippen LogP contribution < -0.4 is 5.32 Å². The van der Waals surface area contributed by atoms with Crippen molar-refractivity contribution in [3.63, 3.8) is 0 Å². The Labute approximate surface area is 108 Å². The zero-order valence-electron chi connectivity index (χ0n) is 11.4. The highest BCUT2D eigenvalue weighted by Gasteiger charge is 2.16. The zero-order valence-corrected chi connectivity index (χ0v) is 11.4. The first kappa shape index (κ1) is 13.1. The molecule has 2 N–H and O–H groups in total. The van der Waals surface area contributed by atoms with Gasteiger partial charge in [-0.3, -0.25) is 0 Å². The first-order chi connectivity index (χ1) is 8.35. The van der Waals surface area contributed by atoms with E-state index in [2.05, 4.69) is 32.2 Å². The van der Waals surface area contributed by atoms with Gasteiger partial charge >= 0.3 is 0 Å². The number of fused-ring (bicyclic) bond motifs is 1. The van der Waals surface area contributed by atoms with E-state index in [1.165, 1.54) is 5.56 Å². The fourth-order valence-corrected chi connectivity index (χ4v) is 1.85. The van der Waals surface area contributed by atoms with Crippen molar-refractivity contribution in [1.29, 1.82) is 0 Å². The van der Waals surface area contributed by atoms with Crippen LogP contribution in [-0.4, -0.2) is 17.2 Å². The topological polar surface area (TPSA) is 45.4 Å². The molecule has 0 bridgehead atoms. The molecule has 3 heteroatoms. The summed E-state index contributed by atoms with van der Waals surface area (Å²) in [5.41, 5.74) is 2.01. The van der Waals surface area contributed by atoms with Crippen molar-refractivity contribution in [3.8, 4) is 0 Å². The van der Waals surface area contributed by atoms with Crippen molar-refractivity contribution >= 4 is 11.0 Å². The molecule has 1 aromatic heterocycles. The number of hydrogen-bond donors (Lipinski definition) is 2. The van der Waals surface area contributed by atoms with Crippen LogP contribution in [0.25, 0.3) is 11.0 Å². The van der Waals surface area contributed by atoms with Crippen LogP contribution in [0.3, 0.4) is 0 Å². The maximum Gasteiger partial charge on any atom is 0.135 e. The Bertz CT molecular complexity index is 537. The van der Waals surface area contributed by atoms with Gasteiger partial charge in [-0.2, -0.15) is 0 Å². The molecular formula is C15H21NO2. The minimum absolute atomic E-state index is 0.0103. The highest BCUT2D eigenvalue weighted by Crippen LogP contribution is 2.24. The predicted octanol–water partition coefficient (Wildman–Crippen LogP) is 3.16. The van der Waals surface area contributed by atoms with Gasteiger partial charge in [0, 0.05) is 17.5 Å². The Kier molecular flexibility index (Phi) is 3.46. The van der Waals surface area contributed by atoms with Gasteiger partial charge in [-0.15, -0.1) is 0 Å². The summed E-state index contributed by atoms with van der Waals surface area (Å²) in [6, 6.07) is 7.93. The summed E-state index contributed by atoms with van der Waals surface area (Å²) >= 11 is 0. The smallest absolute Gasteiger partial charge is 0.135 e. The molecule has 1 heterocycles. The van der Waals surface area contributed by atoms with Gasteiger partial charge in [-0.1, -0.05) is 11.6 Å². The summed E-state index contributed by atoms with van der Waals surface area (Å²) < 4.78 is 5.66. The summed E-state index contributed by atoms with van der Waals surface area (Å²) in [6.07, 6.45) is -0.614. The van der Waals surface area contributed by atoms with Crippen molar-refractivity contribution in [2.24, 2.45) is 0 Å². The lowest BCUT2D eigenvalue weighted by Crippen LogP contribution is -2.38. The average Bonchev–Trinajstić information content (AvgIpc) is 2.67. The fraction of sp³-hybridized carbons (Fsp3) is 0.467. The molecule has 0 aliphatic carbocycles. The monoisotopic (exact) mass is 247 g/mol. The van der Waals surface area contributed by atoms with E-state index >= 15 is 0 Å². The van der Waals surface area contributed by atoms with E-state index in [-0.39, 0.29) is 5.54 Å². The molecule has 0 saturated carbocycles. The van der Waals surface area contributed by atoms with E-state index in [9.17, 15) is 5.11 Å². The van der Waals surface area contributed by atoms with Crippen LogP contribution in [-0.2, 0) is 0 Å². The van der Waals surface area contributed by atoms with Crippen LogP contribution in [0.4, 0.5) is 0 Å². The molecule has 2 rings (SSSR count). The number of aryl methyl sites for hydroxylation is 1. The molecule has 0 fully saturated rings. The van der Waals surface area contributed by atoms with Crippen LogP contribution in [0, 0.1) is 6.92 Å². The van der Waals surface area contributed by atoms with Crippen LogP contribution in [0.1, 0.15) is 38.2 Å². The van der Waals surface area contributed by atoms with Gasteiger partial charge in [0.1, 0.15) is 17.4 Å². The SMILES string of the molecule is Cc1ccc2oc(C(O)CNC(C)(C)C)cc2c1. The van der Waals surface area contributed by atoms with E-state index in [0.717, 1.165) is 11.0 Å². The number of aliphatic hydroxyl groups is 1. The summed E-state index contributed by atoms with van der Waals surface area (Å²) in [6.45, 7) is 8.75. The first-order valence-corrected chi connectivity index (χ1v) is 6.28. The van der Waals surface area contributed by atoms with Crippen molar-refractivity contribution < 1.29 is 9.52 Å². The van der Waals surface area contributed by atoms with Crippen LogP contribution in [0.2, 0.25) is 0 Å². The Morgan fingerprint density at radius 2 is 2.00 bits per heavy atom. The van der Waals surface area contributed by atoms with Crippen LogP contribution >= 0.6 is 0 Å². The molecule has 0 aliphatic rings. The molecule has 1 unspecified atom stereocenters. The Hall–Kier alpha value is -1.32. The van der Waals surface area contributed by atoms with Gasteiger partial charge in [-0.25, -0.2) is 0 Å². The minimum atomic E-state index is -0.614. The lowest BCUT2D eigenvalue weighted by Gasteiger charge is -2.22. The number of rotatable bonds is 3. The maximum atomic E-state index is 10.1. The third-order valence-electron chi connectivity index (χ3n) is 2.85. The normalized spacial score (nSPS) is 14.1. The largest absolute Gasteiger partial charge is 0.458 e. The molecule has 98 valence electrons. The maximum absolute atomic E-state index is 10.1. The second-order valence-electron chi connectivity index (χ2n) is 5.84. The van der Waals surface area contributed by atoms with Crippen molar-refractivity contribution in [2.45, 2.75) is 39.3 Å². The molecule has 0 radical (unpaired) electrons. The molecule has 2 aromatic rings. The first-order valence-electron chi connectivity index (χ1n) is 6.28. The van der Waals surface area contributed by atoms with Gasteiger partial charge in [0.05, 0.1) is 0 Å². The van der Waals surface area contributed by atoms with E-state index in [1.807, 2.05) is 25.1 Å². The number of β-amino-alcohol motifs (C(OH)–C–C–N with tert-alkyl or cyclic N) is 1. The Balaban J connectivity index is 2.15. The second-order valence-corrected chi connectivity index (χ2v) is 5.84. The second kappa shape index (κ2) is 4.75. The van der Waals surface area contributed by atoms with Crippen molar-refractivity contribution in [1.82, 2.24) is 5.32 Å². The van der Waals surface area contributed by atoms with Gasteiger partial charge in [-0.05, 0) is 45.9 Å². The Morgan fingerprint density at radius 1 is 1.28 bits per heavy atom. The third kappa shape index (κ3) is 3.12. The van der Waals surface area contributed by atoms with Gasteiger partial charge < -0.3 is 14.8 Å². The molecule has 1 aromatic carbocycles. The van der Waals surface area contributed by atoms with E-state index in [1.54, 1.807) is 0 Å². The molecule has 3 nitrogen and oxygen atoms in total. The third-order valence-corrected chi connectivity index (χ3v) is 2.85. The number of benzene rings is 1. The van der Waals surface area contributed by atoms with Crippen molar-refractivity contribution in [3.05, 3.63) is 35.6 Å². The number of hydrogen-bond acceptors (Lipinski definition) is 3. The lowest BCUT2D eigenvalue weighted by molar-refractivity contribution is 0.140. The molecule has 18 heavy (non-hydrogen) atoms. The van der Waals surface area contributed by atoms with E-state index < -0.39 is 6.10 Å².